The predicted molar refractivity (Wildman–Crippen MR) is 123 cm³/mol. The topological polar surface area (TPSA) is 71.8 Å². The fourth-order valence-corrected chi connectivity index (χ4v) is 3.91. The second-order valence-electron chi connectivity index (χ2n) is 7.66. The van der Waals surface area contributed by atoms with Crippen molar-refractivity contribution < 1.29 is 13.9 Å². The number of carbonyl (C=O) groups is 1. The van der Waals surface area contributed by atoms with Crippen molar-refractivity contribution in [3.05, 3.63) is 74.6 Å². The SMILES string of the molecule is COc1ccc2c(C)c(CCC(=O)NCC(c3ccccc3Cl)N(C)C)c(=O)oc2c1. The maximum atomic E-state index is 12.5. The number of amides is 1. The third kappa shape index (κ3) is 5.27. The number of fused-ring (bicyclic) bond motifs is 1. The third-order valence-corrected chi connectivity index (χ3v) is 5.82. The molecule has 31 heavy (non-hydrogen) atoms. The summed E-state index contributed by atoms with van der Waals surface area (Å²) in [5, 5.41) is 4.46. The van der Waals surface area contributed by atoms with Crippen LogP contribution in [-0.4, -0.2) is 38.6 Å². The number of hydrogen-bond acceptors (Lipinski definition) is 5. The number of carbonyl (C=O) groups excluding carboxylic acids is 1. The van der Waals surface area contributed by atoms with Crippen LogP contribution in [0, 0.1) is 6.92 Å². The summed E-state index contributed by atoms with van der Waals surface area (Å²) in [5.74, 6) is 0.490. The lowest BCUT2D eigenvalue weighted by molar-refractivity contribution is -0.121. The lowest BCUT2D eigenvalue weighted by atomic mass is 10.0. The number of nitrogens with one attached hydrogen (secondary N) is 1. The summed E-state index contributed by atoms with van der Waals surface area (Å²) in [5.41, 5.74) is 2.35. The van der Waals surface area contributed by atoms with Gasteiger partial charge in [-0.05, 0) is 56.8 Å². The molecule has 1 heterocycles. The van der Waals surface area contributed by atoms with E-state index in [0.29, 0.717) is 34.9 Å². The molecule has 0 saturated carbocycles. The molecule has 0 radical (unpaired) electrons. The number of ether oxygens (including phenoxy) is 1. The first kappa shape index (κ1) is 22.8. The highest BCUT2D eigenvalue weighted by Gasteiger charge is 2.18. The Morgan fingerprint density at radius 1 is 1.23 bits per heavy atom. The quantitative estimate of drug-likeness (QED) is 0.531. The van der Waals surface area contributed by atoms with Gasteiger partial charge >= 0.3 is 5.63 Å². The van der Waals surface area contributed by atoms with Gasteiger partial charge in [-0.1, -0.05) is 29.8 Å². The molecule has 0 aliphatic heterocycles. The molecule has 0 spiro atoms. The number of rotatable bonds is 8. The summed E-state index contributed by atoms with van der Waals surface area (Å²) in [6.07, 6.45) is 0.497. The van der Waals surface area contributed by atoms with Gasteiger partial charge in [0.05, 0.1) is 13.2 Å². The highest BCUT2D eigenvalue weighted by atomic mass is 35.5. The van der Waals surface area contributed by atoms with Crippen molar-refractivity contribution >= 4 is 28.5 Å². The fourth-order valence-electron chi connectivity index (χ4n) is 3.64. The number of aryl methyl sites for hydroxylation is 1. The summed E-state index contributed by atoms with van der Waals surface area (Å²) in [6.45, 7) is 2.29. The van der Waals surface area contributed by atoms with Crippen LogP contribution in [0.5, 0.6) is 5.75 Å². The van der Waals surface area contributed by atoms with Gasteiger partial charge in [-0.3, -0.25) is 4.79 Å². The summed E-state index contributed by atoms with van der Waals surface area (Å²) in [4.78, 5) is 27.0. The van der Waals surface area contributed by atoms with Crippen LogP contribution in [0.4, 0.5) is 0 Å². The number of hydrogen-bond donors (Lipinski definition) is 1. The molecule has 1 atom stereocenters. The first-order valence-electron chi connectivity index (χ1n) is 10.1. The highest BCUT2D eigenvalue weighted by Crippen LogP contribution is 2.26. The molecule has 6 nitrogen and oxygen atoms in total. The Bertz CT molecular complexity index is 1140. The average molecular weight is 443 g/mol. The van der Waals surface area contributed by atoms with Crippen LogP contribution >= 0.6 is 11.6 Å². The van der Waals surface area contributed by atoms with Crippen molar-refractivity contribution in [3.63, 3.8) is 0 Å². The molecule has 3 aromatic rings. The average Bonchev–Trinajstić information content (AvgIpc) is 2.74. The summed E-state index contributed by atoms with van der Waals surface area (Å²) >= 11 is 6.33. The monoisotopic (exact) mass is 442 g/mol. The zero-order chi connectivity index (χ0) is 22.5. The fraction of sp³-hybridized carbons (Fsp3) is 0.333. The molecule has 0 fully saturated rings. The molecule has 1 unspecified atom stereocenters. The lowest BCUT2D eigenvalue weighted by Gasteiger charge is -2.26. The molecule has 2 aromatic carbocycles. The van der Waals surface area contributed by atoms with Crippen LogP contribution in [0.1, 0.15) is 29.2 Å². The van der Waals surface area contributed by atoms with Crippen LogP contribution < -0.4 is 15.7 Å². The standard InChI is InChI=1S/C24H27ClN2O4/c1-15-17-10-9-16(30-4)13-22(17)31-24(29)18(15)11-12-23(28)26-14-21(27(2)3)19-7-5-6-8-20(19)25/h5-10,13,21H,11-12,14H2,1-4H3,(H,26,28). The lowest BCUT2D eigenvalue weighted by Crippen LogP contribution is -2.35. The van der Waals surface area contributed by atoms with Gasteiger partial charge in [-0.2, -0.15) is 0 Å². The number of methoxy groups -OCH3 is 1. The summed E-state index contributed by atoms with van der Waals surface area (Å²) < 4.78 is 10.6. The van der Waals surface area contributed by atoms with Crippen LogP contribution in [0.3, 0.4) is 0 Å². The van der Waals surface area contributed by atoms with E-state index in [1.165, 1.54) is 0 Å². The van der Waals surface area contributed by atoms with E-state index in [9.17, 15) is 9.59 Å². The van der Waals surface area contributed by atoms with E-state index in [1.807, 2.05) is 62.3 Å². The van der Waals surface area contributed by atoms with Crippen LogP contribution in [-0.2, 0) is 11.2 Å². The van der Waals surface area contributed by atoms with Crippen molar-refractivity contribution in [1.82, 2.24) is 10.2 Å². The van der Waals surface area contributed by atoms with E-state index in [2.05, 4.69) is 5.32 Å². The van der Waals surface area contributed by atoms with Crippen molar-refractivity contribution in [1.29, 1.82) is 0 Å². The molecular formula is C24H27ClN2O4. The number of nitrogens with zero attached hydrogens (tertiary/aromatic N) is 1. The van der Waals surface area contributed by atoms with Gasteiger partial charge in [0.1, 0.15) is 11.3 Å². The minimum atomic E-state index is -0.423. The summed E-state index contributed by atoms with van der Waals surface area (Å²) in [7, 11) is 5.45. The van der Waals surface area contributed by atoms with Crippen molar-refractivity contribution in [2.75, 3.05) is 27.7 Å². The Labute approximate surface area is 186 Å². The second kappa shape index (κ2) is 9.98. The predicted octanol–water partition coefficient (Wildman–Crippen LogP) is 4.12. The normalized spacial score (nSPS) is 12.2. The zero-order valence-electron chi connectivity index (χ0n) is 18.2. The number of halogens is 1. The van der Waals surface area contributed by atoms with Gasteiger partial charge in [0, 0.05) is 35.0 Å². The highest BCUT2D eigenvalue weighted by molar-refractivity contribution is 6.31. The van der Waals surface area contributed by atoms with Gasteiger partial charge in [-0.25, -0.2) is 4.79 Å². The molecular weight excluding hydrogens is 416 g/mol. The van der Waals surface area contributed by atoms with Gasteiger partial charge < -0.3 is 19.4 Å². The second-order valence-corrected chi connectivity index (χ2v) is 8.07. The molecule has 0 aliphatic carbocycles. The smallest absolute Gasteiger partial charge is 0.339 e. The largest absolute Gasteiger partial charge is 0.497 e. The van der Waals surface area contributed by atoms with E-state index in [0.717, 1.165) is 16.5 Å². The van der Waals surface area contributed by atoms with Gasteiger partial charge in [0.25, 0.3) is 0 Å². The maximum absolute atomic E-state index is 12.5. The molecule has 1 aromatic heterocycles. The van der Waals surface area contributed by atoms with Gasteiger partial charge in [0.15, 0.2) is 0 Å². The van der Waals surface area contributed by atoms with Crippen LogP contribution in [0.25, 0.3) is 11.0 Å². The molecule has 164 valence electrons. The Morgan fingerprint density at radius 3 is 2.65 bits per heavy atom. The Morgan fingerprint density at radius 2 is 1.97 bits per heavy atom. The molecule has 1 N–H and O–H groups in total. The molecule has 1 amide bonds. The first-order valence-corrected chi connectivity index (χ1v) is 10.5. The van der Waals surface area contributed by atoms with Gasteiger partial charge in [0.2, 0.25) is 5.91 Å². The molecule has 0 bridgehead atoms. The maximum Gasteiger partial charge on any atom is 0.339 e. The van der Waals surface area contributed by atoms with Gasteiger partial charge in [-0.15, -0.1) is 0 Å². The Balaban J connectivity index is 1.68. The van der Waals surface area contributed by atoms with E-state index in [-0.39, 0.29) is 18.4 Å². The van der Waals surface area contributed by atoms with Crippen molar-refractivity contribution in [3.8, 4) is 5.75 Å². The van der Waals surface area contributed by atoms with Crippen LogP contribution in [0.2, 0.25) is 5.02 Å². The van der Waals surface area contributed by atoms with E-state index >= 15 is 0 Å². The molecule has 0 saturated heterocycles. The van der Waals surface area contributed by atoms with Crippen molar-refractivity contribution in [2.45, 2.75) is 25.8 Å². The third-order valence-electron chi connectivity index (χ3n) is 5.48. The Kier molecular flexibility index (Phi) is 7.36. The van der Waals surface area contributed by atoms with E-state index in [1.54, 1.807) is 13.2 Å². The van der Waals surface area contributed by atoms with Crippen LogP contribution in [0.15, 0.2) is 51.7 Å². The summed E-state index contributed by atoms with van der Waals surface area (Å²) in [6, 6.07) is 12.9. The minimum absolute atomic E-state index is 0.0555. The molecule has 3 rings (SSSR count). The first-order chi connectivity index (χ1) is 14.8. The van der Waals surface area contributed by atoms with Crippen molar-refractivity contribution in [2.24, 2.45) is 0 Å². The van der Waals surface area contributed by atoms with E-state index < -0.39 is 5.63 Å². The molecule has 7 heteroatoms. The number of likely N-dealkylation sites (N-methyl/N-ethyl adjacent to an activating group) is 1. The minimum Gasteiger partial charge on any atom is -0.497 e. The number of benzene rings is 2. The zero-order valence-corrected chi connectivity index (χ0v) is 19.0. The Hall–Kier alpha value is -2.83. The van der Waals surface area contributed by atoms with E-state index in [4.69, 9.17) is 20.8 Å². The molecule has 0 aliphatic rings.